The number of β-amino-alcohol motifs (C(OH)–C–C–N with tert-alkyl or cyclic N) is 1. The molecular weight excluding hydrogens is 429 g/mol. The number of nitrogens with one attached hydrogen (secondary N) is 1. The molecule has 0 radical (unpaired) electrons. The molecule has 4 rings (SSSR count). The van der Waals surface area contributed by atoms with E-state index in [1.54, 1.807) is 36.4 Å². The van der Waals surface area contributed by atoms with E-state index < -0.39 is 24.1 Å². The van der Waals surface area contributed by atoms with Crippen LogP contribution in [0.2, 0.25) is 0 Å². The Balaban J connectivity index is 1.41. The summed E-state index contributed by atoms with van der Waals surface area (Å²) in [6, 6.07) is 11.8. The van der Waals surface area contributed by atoms with E-state index in [1.165, 1.54) is 17.9 Å². The fourth-order valence-electron chi connectivity index (χ4n) is 4.02. The van der Waals surface area contributed by atoms with Gasteiger partial charge in [-0.3, -0.25) is 14.6 Å². The fraction of sp³-hybridized carbons (Fsp3) is 0.417. The number of ether oxygens (including phenoxy) is 2. The molecule has 0 saturated carbocycles. The average molecular weight is 458 g/mol. The molecule has 0 aromatic heterocycles. The number of hydrogen-bond donors (Lipinski definition) is 2. The number of anilines is 1. The number of benzene rings is 2. The van der Waals surface area contributed by atoms with Crippen molar-refractivity contribution in [1.29, 1.82) is 0 Å². The van der Waals surface area contributed by atoms with Crippen LogP contribution in [0, 0.1) is 5.82 Å². The number of morpholine rings is 1. The van der Waals surface area contributed by atoms with Gasteiger partial charge >= 0.3 is 6.09 Å². The lowest BCUT2D eigenvalue weighted by Crippen LogP contribution is -2.38. The Labute approximate surface area is 191 Å². The standard InChI is InChI=1S/C24H28FN3O5/c1-16(29)26-13-20-14-28(24(31)33-20)19-6-7-21(22(25)12-19)17-2-4-18(5-3-17)23(30)15-27-8-10-32-11-9-27/h2-7,12,20,23,30H,8-11,13-15H2,1H3,(H,26,29). The number of nitrogens with zero attached hydrogens (tertiary/aromatic N) is 2. The first-order valence-electron chi connectivity index (χ1n) is 11.0. The van der Waals surface area contributed by atoms with Gasteiger partial charge in [-0.15, -0.1) is 0 Å². The van der Waals surface area contributed by atoms with Gasteiger partial charge in [0.25, 0.3) is 0 Å². The lowest BCUT2D eigenvalue weighted by molar-refractivity contribution is -0.119. The molecule has 2 amide bonds. The number of rotatable bonds is 7. The summed E-state index contributed by atoms with van der Waals surface area (Å²) >= 11 is 0. The molecule has 176 valence electrons. The van der Waals surface area contributed by atoms with E-state index in [0.717, 1.165) is 18.7 Å². The Bertz CT molecular complexity index is 994. The molecule has 2 aromatic rings. The Morgan fingerprint density at radius 2 is 1.94 bits per heavy atom. The zero-order valence-electron chi connectivity index (χ0n) is 18.5. The highest BCUT2D eigenvalue weighted by Crippen LogP contribution is 2.30. The van der Waals surface area contributed by atoms with Crippen molar-refractivity contribution in [3.8, 4) is 11.1 Å². The predicted molar refractivity (Wildman–Crippen MR) is 120 cm³/mol. The van der Waals surface area contributed by atoms with Gasteiger partial charge in [-0.25, -0.2) is 9.18 Å². The molecule has 2 heterocycles. The van der Waals surface area contributed by atoms with E-state index >= 15 is 0 Å². The molecule has 2 aliphatic rings. The summed E-state index contributed by atoms with van der Waals surface area (Å²) in [5.74, 6) is -0.674. The van der Waals surface area contributed by atoms with Gasteiger partial charge < -0.3 is 19.9 Å². The van der Waals surface area contributed by atoms with Crippen molar-refractivity contribution in [2.75, 3.05) is 50.8 Å². The van der Waals surface area contributed by atoms with Crippen molar-refractivity contribution in [2.24, 2.45) is 0 Å². The molecule has 0 bridgehead atoms. The van der Waals surface area contributed by atoms with Gasteiger partial charge in [0.1, 0.15) is 11.9 Å². The van der Waals surface area contributed by atoms with Gasteiger partial charge in [0, 0.05) is 32.1 Å². The van der Waals surface area contributed by atoms with Crippen molar-refractivity contribution >= 4 is 17.7 Å². The fourth-order valence-corrected chi connectivity index (χ4v) is 4.02. The molecule has 2 aromatic carbocycles. The highest BCUT2D eigenvalue weighted by Gasteiger charge is 2.32. The van der Waals surface area contributed by atoms with Crippen LogP contribution in [-0.2, 0) is 14.3 Å². The summed E-state index contributed by atoms with van der Waals surface area (Å²) in [4.78, 5) is 26.7. The van der Waals surface area contributed by atoms with Crippen LogP contribution in [0.4, 0.5) is 14.9 Å². The minimum absolute atomic E-state index is 0.209. The Hall–Kier alpha value is -3.01. The number of amides is 2. The van der Waals surface area contributed by atoms with Gasteiger partial charge in [-0.2, -0.15) is 0 Å². The Morgan fingerprint density at radius 3 is 2.61 bits per heavy atom. The molecule has 8 nitrogen and oxygen atoms in total. The van der Waals surface area contributed by atoms with Crippen LogP contribution in [0.5, 0.6) is 0 Å². The normalized spacial score (nSPS) is 19.9. The molecule has 33 heavy (non-hydrogen) atoms. The summed E-state index contributed by atoms with van der Waals surface area (Å²) in [6.07, 6.45) is -1.69. The van der Waals surface area contributed by atoms with Crippen LogP contribution in [0.25, 0.3) is 11.1 Å². The number of aliphatic hydroxyl groups excluding tert-OH is 1. The van der Waals surface area contributed by atoms with Crippen LogP contribution in [0.15, 0.2) is 42.5 Å². The number of carbonyl (C=O) groups excluding carboxylic acids is 2. The van der Waals surface area contributed by atoms with Gasteiger partial charge in [-0.05, 0) is 29.3 Å². The molecule has 2 aliphatic heterocycles. The molecule has 2 saturated heterocycles. The van der Waals surface area contributed by atoms with Crippen LogP contribution in [0.3, 0.4) is 0 Å². The third-order valence-electron chi connectivity index (χ3n) is 5.86. The van der Waals surface area contributed by atoms with Crippen molar-refractivity contribution in [2.45, 2.75) is 19.1 Å². The van der Waals surface area contributed by atoms with Crippen LogP contribution < -0.4 is 10.2 Å². The summed E-state index contributed by atoms with van der Waals surface area (Å²) < 4.78 is 25.5. The first-order valence-corrected chi connectivity index (χ1v) is 11.0. The minimum Gasteiger partial charge on any atom is -0.442 e. The van der Waals surface area contributed by atoms with Crippen molar-refractivity contribution in [1.82, 2.24) is 10.2 Å². The van der Waals surface area contributed by atoms with Crippen LogP contribution >= 0.6 is 0 Å². The lowest BCUT2D eigenvalue weighted by atomic mass is 10.0. The number of carbonyl (C=O) groups is 2. The minimum atomic E-state index is -0.629. The predicted octanol–water partition coefficient (Wildman–Crippen LogP) is 2.32. The van der Waals surface area contributed by atoms with E-state index in [4.69, 9.17) is 9.47 Å². The highest BCUT2D eigenvalue weighted by atomic mass is 19.1. The number of cyclic esters (lactones) is 1. The smallest absolute Gasteiger partial charge is 0.414 e. The second-order valence-corrected chi connectivity index (χ2v) is 8.27. The van der Waals surface area contributed by atoms with Crippen molar-refractivity contribution < 1.29 is 28.6 Å². The molecule has 2 fully saturated rings. The van der Waals surface area contributed by atoms with Crippen LogP contribution in [-0.4, -0.2) is 74.0 Å². The summed E-state index contributed by atoms with van der Waals surface area (Å²) in [5.41, 5.74) is 2.24. The van der Waals surface area contributed by atoms with Gasteiger partial charge in [0.15, 0.2) is 0 Å². The maximum Gasteiger partial charge on any atom is 0.414 e. The Kier molecular flexibility index (Phi) is 7.22. The molecule has 0 aliphatic carbocycles. The molecule has 0 spiro atoms. The van der Waals surface area contributed by atoms with Crippen molar-refractivity contribution in [3.63, 3.8) is 0 Å². The third-order valence-corrected chi connectivity index (χ3v) is 5.86. The number of aliphatic hydroxyl groups is 1. The molecule has 2 unspecified atom stereocenters. The van der Waals surface area contributed by atoms with Crippen molar-refractivity contribution in [3.05, 3.63) is 53.8 Å². The Morgan fingerprint density at radius 1 is 1.21 bits per heavy atom. The zero-order chi connectivity index (χ0) is 23.4. The zero-order valence-corrected chi connectivity index (χ0v) is 18.5. The van der Waals surface area contributed by atoms with Gasteiger partial charge in [-0.1, -0.05) is 24.3 Å². The molecule has 2 N–H and O–H groups in total. The monoisotopic (exact) mass is 457 g/mol. The number of hydrogen-bond acceptors (Lipinski definition) is 6. The van der Waals surface area contributed by atoms with E-state index in [0.29, 0.717) is 36.6 Å². The quantitative estimate of drug-likeness (QED) is 0.663. The van der Waals surface area contributed by atoms with E-state index in [1.807, 2.05) is 0 Å². The summed E-state index contributed by atoms with van der Waals surface area (Å²) in [6.45, 7) is 5.30. The van der Waals surface area contributed by atoms with E-state index in [9.17, 15) is 19.1 Å². The average Bonchev–Trinajstić information content (AvgIpc) is 3.19. The van der Waals surface area contributed by atoms with Gasteiger partial charge in [0.05, 0.1) is 38.1 Å². The van der Waals surface area contributed by atoms with E-state index in [2.05, 4.69) is 10.2 Å². The second-order valence-electron chi connectivity index (χ2n) is 8.27. The lowest BCUT2D eigenvalue weighted by Gasteiger charge is -2.28. The maximum absolute atomic E-state index is 14.9. The first-order chi connectivity index (χ1) is 15.9. The molecule has 2 atom stereocenters. The third kappa shape index (κ3) is 5.68. The summed E-state index contributed by atoms with van der Waals surface area (Å²) in [5, 5.41) is 13.1. The van der Waals surface area contributed by atoms with Crippen LogP contribution in [0.1, 0.15) is 18.6 Å². The summed E-state index contributed by atoms with van der Waals surface area (Å²) in [7, 11) is 0. The molecule has 9 heteroatoms. The first kappa shape index (κ1) is 23.2. The highest BCUT2D eigenvalue weighted by molar-refractivity contribution is 5.90. The largest absolute Gasteiger partial charge is 0.442 e. The SMILES string of the molecule is CC(=O)NCC1CN(c2ccc(-c3ccc(C(O)CN4CCOCC4)cc3)c(F)c2)C(=O)O1. The van der Waals surface area contributed by atoms with E-state index in [-0.39, 0.29) is 19.0 Å². The maximum atomic E-state index is 14.9. The molecular formula is C24H28FN3O5. The number of halogens is 1. The topological polar surface area (TPSA) is 91.3 Å². The second kappa shape index (κ2) is 10.3. The van der Waals surface area contributed by atoms with Gasteiger partial charge in [0.2, 0.25) is 5.91 Å².